The van der Waals surface area contributed by atoms with E-state index in [2.05, 4.69) is 46.5 Å². The van der Waals surface area contributed by atoms with E-state index in [1.807, 2.05) is 54.6 Å². The van der Waals surface area contributed by atoms with Gasteiger partial charge in [-0.05, 0) is 57.4 Å². The standard InChI is InChI=1S/C31H31NO3S/c1-30(2,3)22-13-17(14-23(28(22)34)31(4,5)6)12-21-26(18-10-8-7-9-11-18)19-15-24-25(36-29(35)32-24)16-20(19)27(21)33/h7-14,16,34H,15H2,1-6H3,(H,32,35). The van der Waals surface area contributed by atoms with Crippen LogP contribution < -0.4 is 4.87 Å². The molecule has 3 aromatic rings. The lowest BCUT2D eigenvalue weighted by molar-refractivity contribution is -0.111. The van der Waals surface area contributed by atoms with Crippen LogP contribution >= 0.6 is 11.3 Å². The van der Waals surface area contributed by atoms with Crippen LogP contribution in [-0.4, -0.2) is 15.9 Å². The Hall–Kier alpha value is -3.44. The number of allylic oxidation sites excluding steroid dienone is 4. The number of thiazole rings is 1. The molecule has 0 bridgehead atoms. The minimum Gasteiger partial charge on any atom is -0.507 e. The van der Waals surface area contributed by atoms with E-state index < -0.39 is 0 Å². The van der Waals surface area contributed by atoms with Gasteiger partial charge in [0, 0.05) is 34.4 Å². The molecule has 1 aromatic heterocycles. The number of aromatic hydroxyl groups is 1. The Morgan fingerprint density at radius 1 is 0.944 bits per heavy atom. The van der Waals surface area contributed by atoms with Crippen LogP contribution in [0.5, 0.6) is 5.75 Å². The summed E-state index contributed by atoms with van der Waals surface area (Å²) in [5.41, 5.74) is 7.07. The fourth-order valence-electron chi connectivity index (χ4n) is 5.08. The summed E-state index contributed by atoms with van der Waals surface area (Å²) in [4.78, 5) is 29.5. The van der Waals surface area contributed by atoms with Crippen molar-refractivity contribution in [1.29, 1.82) is 0 Å². The van der Waals surface area contributed by atoms with Gasteiger partial charge in [-0.25, -0.2) is 0 Å². The molecule has 4 nitrogen and oxygen atoms in total. The summed E-state index contributed by atoms with van der Waals surface area (Å²) < 4.78 is 0. The second-order valence-corrected chi connectivity index (χ2v) is 12.7. The third kappa shape index (κ3) is 4.11. The first-order valence-corrected chi connectivity index (χ1v) is 13.0. The molecule has 36 heavy (non-hydrogen) atoms. The van der Waals surface area contributed by atoms with Crippen LogP contribution in [0.1, 0.15) is 74.4 Å². The monoisotopic (exact) mass is 497 g/mol. The smallest absolute Gasteiger partial charge is 0.305 e. The first-order chi connectivity index (χ1) is 16.8. The van der Waals surface area contributed by atoms with Crippen molar-refractivity contribution in [1.82, 2.24) is 4.98 Å². The first-order valence-electron chi connectivity index (χ1n) is 12.2. The van der Waals surface area contributed by atoms with E-state index in [1.54, 1.807) is 0 Å². The lowest BCUT2D eigenvalue weighted by atomic mass is 9.78. The number of carbonyl (C=O) groups is 1. The van der Waals surface area contributed by atoms with Gasteiger partial charge in [0.1, 0.15) is 5.75 Å². The minimum absolute atomic E-state index is 0.0296. The molecule has 1 heterocycles. The molecular formula is C31H31NO3S. The summed E-state index contributed by atoms with van der Waals surface area (Å²) in [5.74, 6) is 0.291. The predicted octanol–water partition coefficient (Wildman–Crippen LogP) is 6.80. The molecule has 0 saturated heterocycles. The Labute approximate surface area is 215 Å². The molecule has 2 N–H and O–H groups in total. The molecule has 0 radical (unpaired) electrons. The third-order valence-corrected chi connectivity index (χ3v) is 7.76. The van der Waals surface area contributed by atoms with E-state index >= 15 is 0 Å². The molecular weight excluding hydrogens is 466 g/mol. The first kappa shape index (κ1) is 24.3. The van der Waals surface area contributed by atoms with Crippen molar-refractivity contribution in [3.8, 4) is 5.75 Å². The molecule has 0 aliphatic heterocycles. The van der Waals surface area contributed by atoms with Crippen molar-refractivity contribution in [3.63, 3.8) is 0 Å². The Morgan fingerprint density at radius 3 is 2.14 bits per heavy atom. The van der Waals surface area contributed by atoms with E-state index in [0.717, 1.165) is 55.3 Å². The molecule has 184 valence electrons. The number of rotatable bonds is 2. The lowest BCUT2D eigenvalue weighted by Crippen LogP contribution is -2.17. The van der Waals surface area contributed by atoms with Crippen molar-refractivity contribution in [2.24, 2.45) is 0 Å². The number of aromatic amines is 1. The number of hydrogen-bond donors (Lipinski definition) is 2. The summed E-state index contributed by atoms with van der Waals surface area (Å²) in [6.07, 6.45) is 4.35. The summed E-state index contributed by atoms with van der Waals surface area (Å²) in [6, 6.07) is 14.0. The number of aromatic nitrogens is 1. The van der Waals surface area contributed by atoms with Gasteiger partial charge in [-0.3, -0.25) is 9.59 Å². The topological polar surface area (TPSA) is 70.2 Å². The van der Waals surface area contributed by atoms with Crippen LogP contribution in [0.25, 0.3) is 17.7 Å². The van der Waals surface area contributed by atoms with E-state index in [1.165, 1.54) is 0 Å². The molecule has 0 amide bonds. The highest BCUT2D eigenvalue weighted by Gasteiger charge is 2.36. The second kappa shape index (κ2) is 8.31. The zero-order valence-electron chi connectivity index (χ0n) is 21.6. The molecule has 2 aliphatic rings. The number of ketones is 1. The fourth-order valence-corrected chi connectivity index (χ4v) is 5.88. The van der Waals surface area contributed by atoms with Gasteiger partial charge in [-0.2, -0.15) is 0 Å². The van der Waals surface area contributed by atoms with Crippen LogP contribution in [0, 0.1) is 0 Å². The highest BCUT2D eigenvalue weighted by atomic mass is 32.1. The van der Waals surface area contributed by atoms with Crippen LogP contribution in [0.4, 0.5) is 0 Å². The lowest BCUT2D eigenvalue weighted by Gasteiger charge is -2.28. The Balaban J connectivity index is 1.76. The number of phenolic OH excluding ortho intramolecular Hbond substituents is 1. The molecule has 0 atom stereocenters. The maximum atomic E-state index is 13.9. The van der Waals surface area contributed by atoms with Crippen LogP contribution in [-0.2, 0) is 22.0 Å². The molecule has 2 aliphatic carbocycles. The van der Waals surface area contributed by atoms with Crippen molar-refractivity contribution in [3.05, 3.63) is 102 Å². The summed E-state index contributed by atoms with van der Waals surface area (Å²) >= 11 is 1.14. The Morgan fingerprint density at radius 2 is 1.56 bits per heavy atom. The average Bonchev–Trinajstić information content (AvgIpc) is 3.28. The fraction of sp³-hybridized carbons (Fsp3) is 0.290. The SMILES string of the molecule is CC(C)(C)c1cc(C=C2C(=O)C3=Cc4sc(=O)[nH]c4CC3=C2c2ccccc2)cc(C(C)(C)C)c1O. The van der Waals surface area contributed by atoms with Crippen LogP contribution in [0.2, 0.25) is 0 Å². The van der Waals surface area contributed by atoms with E-state index in [9.17, 15) is 14.7 Å². The number of H-pyrrole nitrogens is 1. The third-order valence-electron chi connectivity index (χ3n) is 6.89. The van der Waals surface area contributed by atoms with Gasteiger partial charge in [0.2, 0.25) is 0 Å². The maximum Gasteiger partial charge on any atom is 0.305 e. The van der Waals surface area contributed by atoms with Gasteiger partial charge < -0.3 is 10.1 Å². The van der Waals surface area contributed by atoms with Crippen molar-refractivity contribution < 1.29 is 9.90 Å². The van der Waals surface area contributed by atoms with Crippen molar-refractivity contribution in [2.45, 2.75) is 58.8 Å². The second-order valence-electron chi connectivity index (χ2n) is 11.7. The normalized spacial score (nSPS) is 16.9. The largest absolute Gasteiger partial charge is 0.507 e. The van der Waals surface area contributed by atoms with E-state index in [-0.39, 0.29) is 21.5 Å². The van der Waals surface area contributed by atoms with Gasteiger partial charge in [0.25, 0.3) is 0 Å². The number of Topliss-reactive ketones (excluding diaryl/α,β-unsaturated/α-hetero) is 1. The highest BCUT2D eigenvalue weighted by Crippen LogP contribution is 2.46. The summed E-state index contributed by atoms with van der Waals surface area (Å²) in [6.45, 7) is 12.5. The minimum atomic E-state index is -0.268. The summed E-state index contributed by atoms with van der Waals surface area (Å²) in [7, 11) is 0. The molecule has 0 unspecified atom stereocenters. The molecule has 0 fully saturated rings. The van der Waals surface area contributed by atoms with Crippen LogP contribution in [0.3, 0.4) is 0 Å². The number of fused-ring (bicyclic) bond motifs is 2. The zero-order chi connectivity index (χ0) is 26.0. The Bertz CT molecular complexity index is 1510. The Kier molecular flexibility index (Phi) is 5.60. The maximum absolute atomic E-state index is 13.9. The molecule has 2 aromatic carbocycles. The van der Waals surface area contributed by atoms with Gasteiger partial charge in [-0.15, -0.1) is 0 Å². The highest BCUT2D eigenvalue weighted by molar-refractivity contribution is 7.10. The zero-order valence-corrected chi connectivity index (χ0v) is 22.4. The quantitative estimate of drug-likeness (QED) is 0.383. The van der Waals surface area contributed by atoms with Crippen LogP contribution in [0.15, 0.2) is 64.0 Å². The van der Waals surface area contributed by atoms with Gasteiger partial charge in [0.15, 0.2) is 5.78 Å². The molecule has 0 spiro atoms. The molecule has 0 saturated carbocycles. The molecule has 5 heteroatoms. The number of nitrogens with one attached hydrogen (secondary N) is 1. The number of hydrogen-bond acceptors (Lipinski definition) is 4. The van der Waals surface area contributed by atoms with Crippen molar-refractivity contribution >= 4 is 34.8 Å². The predicted molar refractivity (Wildman–Crippen MR) is 148 cm³/mol. The van der Waals surface area contributed by atoms with Gasteiger partial charge >= 0.3 is 4.87 Å². The van der Waals surface area contributed by atoms with Gasteiger partial charge in [0.05, 0.1) is 4.88 Å². The van der Waals surface area contributed by atoms with E-state index in [4.69, 9.17) is 0 Å². The average molecular weight is 498 g/mol. The number of carbonyl (C=O) groups excluding carboxylic acids is 1. The number of benzene rings is 2. The van der Waals surface area contributed by atoms with Gasteiger partial charge in [-0.1, -0.05) is 83.2 Å². The van der Waals surface area contributed by atoms with E-state index in [0.29, 0.717) is 23.3 Å². The molecule has 5 rings (SSSR count). The number of phenols is 1. The van der Waals surface area contributed by atoms with Crippen molar-refractivity contribution in [2.75, 3.05) is 0 Å². The summed E-state index contributed by atoms with van der Waals surface area (Å²) in [5, 5.41) is 11.2.